The minimum absolute atomic E-state index is 0.118. The first-order valence-corrected chi connectivity index (χ1v) is 11.6. The van der Waals surface area contributed by atoms with Crippen molar-refractivity contribution in [3.63, 3.8) is 0 Å². The lowest BCUT2D eigenvalue weighted by Crippen LogP contribution is -2.14. The van der Waals surface area contributed by atoms with Gasteiger partial charge in [-0.2, -0.15) is 0 Å². The standard InChI is InChI=1S/C27H18O15/c28-19-4-16(37-10-22(19)31)7-40-25(34)13-1-14(26(35)41-8-17-5-20(29)23(32)11-38-17)3-15(2-13)27(36)42-9-18-6-21(30)24(33)12-39-18/h1-6,10-12,31-33H,7-9H2. The number of hydrogen-bond donors (Lipinski definition) is 3. The molecule has 15 heteroatoms. The Morgan fingerprint density at radius 2 is 0.762 bits per heavy atom. The van der Waals surface area contributed by atoms with Crippen LogP contribution in [0, 0.1) is 0 Å². The zero-order chi connectivity index (χ0) is 30.4. The molecule has 4 aromatic rings. The van der Waals surface area contributed by atoms with Crippen LogP contribution >= 0.6 is 0 Å². The maximum Gasteiger partial charge on any atom is 0.338 e. The van der Waals surface area contributed by atoms with Gasteiger partial charge in [0.2, 0.25) is 16.3 Å². The largest absolute Gasteiger partial charge is 0.502 e. The van der Waals surface area contributed by atoms with Crippen molar-refractivity contribution in [2.24, 2.45) is 0 Å². The predicted octanol–water partition coefficient (Wildman–Crippen LogP) is 1.73. The normalized spacial score (nSPS) is 10.6. The van der Waals surface area contributed by atoms with Crippen LogP contribution in [0.25, 0.3) is 0 Å². The fourth-order valence-electron chi connectivity index (χ4n) is 3.20. The second-order valence-electron chi connectivity index (χ2n) is 8.31. The average Bonchev–Trinajstić information content (AvgIpc) is 2.98. The van der Waals surface area contributed by atoms with Crippen molar-refractivity contribution in [2.45, 2.75) is 19.8 Å². The van der Waals surface area contributed by atoms with Gasteiger partial charge in [-0.1, -0.05) is 0 Å². The first-order valence-electron chi connectivity index (χ1n) is 11.6. The molecule has 0 aliphatic carbocycles. The zero-order valence-corrected chi connectivity index (χ0v) is 21.1. The number of carbonyl (C=O) groups excluding carboxylic acids is 3. The maximum absolute atomic E-state index is 12.8. The lowest BCUT2D eigenvalue weighted by Gasteiger charge is -2.10. The molecule has 3 heterocycles. The number of rotatable bonds is 9. The summed E-state index contributed by atoms with van der Waals surface area (Å²) in [5.74, 6) is -5.52. The van der Waals surface area contributed by atoms with Crippen molar-refractivity contribution in [1.29, 1.82) is 0 Å². The monoisotopic (exact) mass is 582 g/mol. The van der Waals surface area contributed by atoms with Crippen molar-refractivity contribution in [3.05, 3.63) is 120 Å². The number of hydrogen-bond acceptors (Lipinski definition) is 15. The molecule has 0 radical (unpaired) electrons. The van der Waals surface area contributed by atoms with Crippen LogP contribution in [0.4, 0.5) is 0 Å². The van der Waals surface area contributed by atoms with E-state index < -0.39 is 71.3 Å². The van der Waals surface area contributed by atoms with Gasteiger partial charge in [-0.25, -0.2) is 14.4 Å². The molecule has 1 aromatic carbocycles. The number of carbonyl (C=O) groups is 3. The van der Waals surface area contributed by atoms with Gasteiger partial charge >= 0.3 is 17.9 Å². The van der Waals surface area contributed by atoms with Crippen LogP contribution in [0.15, 0.2) is 82.8 Å². The Bertz CT molecular complexity index is 1620. The molecule has 42 heavy (non-hydrogen) atoms. The van der Waals surface area contributed by atoms with E-state index in [1.807, 2.05) is 0 Å². The van der Waals surface area contributed by atoms with Crippen LogP contribution < -0.4 is 16.3 Å². The molecule has 0 fully saturated rings. The summed E-state index contributed by atoms with van der Waals surface area (Å²) in [7, 11) is 0. The SMILES string of the molecule is O=C(OCc1cc(=O)c(O)co1)c1cc(C(=O)OCc2cc(=O)c(O)co2)cc(C(=O)OCc2cc(=O)c(O)co2)c1. The molecule has 216 valence electrons. The third-order valence-corrected chi connectivity index (χ3v) is 5.28. The van der Waals surface area contributed by atoms with Crippen molar-refractivity contribution in [1.82, 2.24) is 0 Å². The Hall–Kier alpha value is -6.12. The van der Waals surface area contributed by atoms with Gasteiger partial charge in [-0.05, 0) is 18.2 Å². The smallest absolute Gasteiger partial charge is 0.338 e. The summed E-state index contributed by atoms with van der Waals surface area (Å²) in [6, 6.07) is 5.76. The molecule has 0 spiro atoms. The first-order chi connectivity index (χ1) is 20.0. The molecule has 3 aromatic heterocycles. The molecular weight excluding hydrogens is 564 g/mol. The third kappa shape index (κ3) is 7.09. The molecule has 3 N–H and O–H groups in total. The quantitative estimate of drug-likeness (QED) is 0.188. The molecule has 0 aliphatic heterocycles. The maximum atomic E-state index is 12.8. The minimum atomic E-state index is -1.07. The second-order valence-corrected chi connectivity index (χ2v) is 8.31. The summed E-state index contributed by atoms with van der Waals surface area (Å²) in [6.07, 6.45) is 2.26. The Labute approximate surface area is 232 Å². The van der Waals surface area contributed by atoms with E-state index in [-0.39, 0.29) is 34.0 Å². The molecule has 0 atom stereocenters. The summed E-state index contributed by atoms with van der Waals surface area (Å²) >= 11 is 0. The summed E-state index contributed by atoms with van der Waals surface area (Å²) in [4.78, 5) is 73.0. The number of aromatic hydroxyl groups is 3. The first kappa shape index (κ1) is 28.9. The van der Waals surface area contributed by atoms with E-state index in [0.717, 1.165) is 55.2 Å². The lowest BCUT2D eigenvalue weighted by atomic mass is 10.1. The highest BCUT2D eigenvalue weighted by Gasteiger charge is 2.20. The fourth-order valence-corrected chi connectivity index (χ4v) is 3.20. The van der Waals surface area contributed by atoms with Crippen molar-refractivity contribution in [2.75, 3.05) is 0 Å². The summed E-state index contributed by atoms with van der Waals surface area (Å²) in [5, 5.41) is 27.8. The lowest BCUT2D eigenvalue weighted by molar-refractivity contribution is 0.0436. The Kier molecular flexibility index (Phi) is 8.51. The molecular formula is C27H18O15. The van der Waals surface area contributed by atoms with E-state index in [1.165, 1.54) is 0 Å². The van der Waals surface area contributed by atoms with E-state index in [1.54, 1.807) is 0 Å². The van der Waals surface area contributed by atoms with Gasteiger partial charge in [0.05, 0.1) is 16.7 Å². The molecule has 0 amide bonds. The van der Waals surface area contributed by atoms with E-state index in [2.05, 4.69) is 0 Å². The summed E-state index contributed by atoms with van der Waals surface area (Å²) in [5.41, 5.74) is -3.33. The molecule has 15 nitrogen and oxygen atoms in total. The van der Waals surface area contributed by atoms with Crippen molar-refractivity contribution < 1.29 is 57.2 Å². The summed E-state index contributed by atoms with van der Waals surface area (Å²) in [6.45, 7) is -1.66. The van der Waals surface area contributed by atoms with Crippen LogP contribution in [0.5, 0.6) is 17.2 Å². The van der Waals surface area contributed by atoms with E-state index in [9.17, 15) is 44.1 Å². The number of ether oxygens (including phenoxy) is 3. The molecule has 0 saturated heterocycles. The molecule has 0 bridgehead atoms. The van der Waals surface area contributed by atoms with Gasteiger partial charge in [0, 0.05) is 18.2 Å². The van der Waals surface area contributed by atoms with Crippen LogP contribution in [-0.2, 0) is 34.0 Å². The van der Waals surface area contributed by atoms with Crippen molar-refractivity contribution in [3.8, 4) is 17.2 Å². The van der Waals surface area contributed by atoms with Gasteiger partial charge < -0.3 is 42.8 Å². The number of benzene rings is 1. The molecule has 0 aliphatic rings. The summed E-state index contributed by atoms with van der Waals surface area (Å²) < 4.78 is 30.1. The Morgan fingerprint density at radius 3 is 1.00 bits per heavy atom. The third-order valence-electron chi connectivity index (χ3n) is 5.28. The fraction of sp³-hybridized carbons (Fsp3) is 0.111. The molecule has 0 unspecified atom stereocenters. The molecule has 0 saturated carbocycles. The number of esters is 3. The second kappa shape index (κ2) is 12.4. The van der Waals surface area contributed by atoms with E-state index >= 15 is 0 Å². The Balaban J connectivity index is 1.56. The van der Waals surface area contributed by atoms with Crippen LogP contribution in [0.2, 0.25) is 0 Å². The van der Waals surface area contributed by atoms with Gasteiger partial charge in [0.15, 0.2) is 17.2 Å². The highest BCUT2D eigenvalue weighted by atomic mass is 16.6. The molecule has 4 rings (SSSR count). The zero-order valence-electron chi connectivity index (χ0n) is 21.1. The van der Waals surface area contributed by atoms with Gasteiger partial charge in [0.1, 0.15) is 55.9 Å². The predicted molar refractivity (Wildman–Crippen MR) is 134 cm³/mol. The van der Waals surface area contributed by atoms with Crippen molar-refractivity contribution >= 4 is 17.9 Å². The van der Waals surface area contributed by atoms with Crippen LogP contribution in [0.3, 0.4) is 0 Å². The Morgan fingerprint density at radius 1 is 0.500 bits per heavy atom. The topological polar surface area (TPSA) is 230 Å². The van der Waals surface area contributed by atoms with E-state index in [0.29, 0.717) is 0 Å². The minimum Gasteiger partial charge on any atom is -0.502 e. The highest BCUT2D eigenvalue weighted by molar-refractivity contribution is 6.00. The van der Waals surface area contributed by atoms with Gasteiger partial charge in [-0.15, -0.1) is 0 Å². The van der Waals surface area contributed by atoms with Crippen LogP contribution in [-0.4, -0.2) is 33.2 Å². The van der Waals surface area contributed by atoms with Gasteiger partial charge in [-0.3, -0.25) is 14.4 Å². The van der Waals surface area contributed by atoms with E-state index in [4.69, 9.17) is 27.5 Å². The van der Waals surface area contributed by atoms with Gasteiger partial charge in [0.25, 0.3) is 0 Å². The van der Waals surface area contributed by atoms with Crippen LogP contribution in [0.1, 0.15) is 48.4 Å². The average molecular weight is 582 g/mol. The highest BCUT2D eigenvalue weighted by Crippen LogP contribution is 2.17.